The minimum absolute atomic E-state index is 0.0463. The molecule has 0 bridgehead atoms. The number of likely N-dealkylation sites (tertiary alicyclic amines) is 1. The molecule has 2 aromatic carbocycles. The van der Waals surface area contributed by atoms with Gasteiger partial charge in [-0.05, 0) is 30.7 Å². The maximum Gasteiger partial charge on any atom is 0.252 e. The SMILES string of the molecule is C[C@]12CN(Cc3ccc(Cl)cc3)C[C@H]1NC(=O)c1ccccc1C2=O. The van der Waals surface area contributed by atoms with Crippen molar-refractivity contribution in [2.24, 2.45) is 5.41 Å². The van der Waals surface area contributed by atoms with Crippen molar-refractivity contribution in [3.05, 3.63) is 70.2 Å². The maximum atomic E-state index is 13.2. The third-order valence-corrected chi connectivity index (χ3v) is 5.57. The van der Waals surface area contributed by atoms with Gasteiger partial charge in [0.15, 0.2) is 5.78 Å². The number of carbonyl (C=O) groups excluding carboxylic acids is 2. The van der Waals surface area contributed by atoms with E-state index >= 15 is 0 Å². The Morgan fingerprint density at radius 2 is 1.80 bits per heavy atom. The molecule has 0 saturated carbocycles. The van der Waals surface area contributed by atoms with Crippen molar-refractivity contribution in [3.63, 3.8) is 0 Å². The first-order valence-electron chi connectivity index (χ1n) is 8.39. The molecule has 2 aliphatic heterocycles. The monoisotopic (exact) mass is 354 g/mol. The van der Waals surface area contributed by atoms with Crippen molar-refractivity contribution in [3.8, 4) is 0 Å². The summed E-state index contributed by atoms with van der Waals surface area (Å²) in [4.78, 5) is 28.0. The number of Topliss-reactive ketones (excluding diaryl/α,β-unsaturated/α-hetero) is 1. The largest absolute Gasteiger partial charge is 0.347 e. The molecule has 4 rings (SSSR count). The topological polar surface area (TPSA) is 49.4 Å². The van der Waals surface area contributed by atoms with Crippen LogP contribution in [0.25, 0.3) is 0 Å². The van der Waals surface area contributed by atoms with Crippen LogP contribution in [0.2, 0.25) is 5.02 Å². The van der Waals surface area contributed by atoms with Crippen molar-refractivity contribution < 1.29 is 9.59 Å². The number of benzene rings is 2. The molecule has 128 valence electrons. The number of rotatable bonds is 2. The van der Waals surface area contributed by atoms with E-state index in [9.17, 15) is 9.59 Å². The molecule has 4 nitrogen and oxygen atoms in total. The third-order valence-electron chi connectivity index (χ3n) is 5.32. The van der Waals surface area contributed by atoms with E-state index in [0.29, 0.717) is 29.2 Å². The molecule has 1 N–H and O–H groups in total. The predicted octanol–water partition coefficient (Wildman–Crippen LogP) is 3.16. The summed E-state index contributed by atoms with van der Waals surface area (Å²) in [5.41, 5.74) is 1.53. The van der Waals surface area contributed by atoms with Crippen molar-refractivity contribution in [1.82, 2.24) is 10.2 Å². The van der Waals surface area contributed by atoms with Crippen molar-refractivity contribution in [1.29, 1.82) is 0 Å². The highest BCUT2D eigenvalue weighted by atomic mass is 35.5. The number of nitrogens with zero attached hydrogens (tertiary/aromatic N) is 1. The minimum atomic E-state index is -0.616. The Balaban J connectivity index is 1.62. The molecule has 1 saturated heterocycles. The van der Waals surface area contributed by atoms with Crippen LogP contribution < -0.4 is 5.32 Å². The number of hydrogen-bond donors (Lipinski definition) is 1. The summed E-state index contributed by atoms with van der Waals surface area (Å²) in [5.74, 6) is -0.115. The van der Waals surface area contributed by atoms with Crippen molar-refractivity contribution >= 4 is 23.3 Å². The van der Waals surface area contributed by atoms with Gasteiger partial charge in [0.1, 0.15) is 0 Å². The normalized spacial score (nSPS) is 25.9. The maximum absolute atomic E-state index is 13.2. The lowest BCUT2D eigenvalue weighted by molar-refractivity contribution is 0.0789. The van der Waals surface area contributed by atoms with Gasteiger partial charge in [-0.25, -0.2) is 0 Å². The molecular weight excluding hydrogens is 336 g/mol. The fraction of sp³-hybridized carbons (Fsp3) is 0.300. The van der Waals surface area contributed by atoms with Crippen LogP contribution in [0.5, 0.6) is 0 Å². The highest BCUT2D eigenvalue weighted by Gasteiger charge is 2.51. The van der Waals surface area contributed by atoms with Gasteiger partial charge in [0.05, 0.1) is 17.0 Å². The second-order valence-corrected chi connectivity index (χ2v) is 7.55. The number of halogens is 1. The molecule has 0 aliphatic carbocycles. The van der Waals surface area contributed by atoms with Crippen molar-refractivity contribution in [2.75, 3.05) is 13.1 Å². The fourth-order valence-corrected chi connectivity index (χ4v) is 4.05. The second kappa shape index (κ2) is 5.97. The highest BCUT2D eigenvalue weighted by Crippen LogP contribution is 2.37. The van der Waals surface area contributed by atoms with Gasteiger partial charge in [-0.2, -0.15) is 0 Å². The van der Waals surface area contributed by atoms with Crippen LogP contribution in [0.1, 0.15) is 33.2 Å². The molecule has 2 heterocycles. The zero-order valence-corrected chi connectivity index (χ0v) is 14.7. The molecule has 5 heteroatoms. The van der Waals surface area contributed by atoms with Crippen molar-refractivity contribution in [2.45, 2.75) is 19.5 Å². The molecule has 1 amide bonds. The first-order valence-corrected chi connectivity index (χ1v) is 8.77. The summed E-state index contributed by atoms with van der Waals surface area (Å²) in [7, 11) is 0. The zero-order valence-electron chi connectivity index (χ0n) is 14.0. The Morgan fingerprint density at radius 1 is 1.12 bits per heavy atom. The van der Waals surface area contributed by atoms with Crippen LogP contribution in [0, 0.1) is 5.41 Å². The van der Waals surface area contributed by atoms with E-state index in [4.69, 9.17) is 11.6 Å². The Bertz CT molecular complexity index is 849. The summed E-state index contributed by atoms with van der Waals surface area (Å²) in [6.07, 6.45) is 0. The van der Waals surface area contributed by atoms with Gasteiger partial charge in [0, 0.05) is 30.2 Å². The summed E-state index contributed by atoms with van der Waals surface area (Å²) in [5, 5.41) is 3.78. The lowest BCUT2D eigenvalue weighted by Gasteiger charge is -2.27. The number of fused-ring (bicyclic) bond motifs is 2. The summed E-state index contributed by atoms with van der Waals surface area (Å²) < 4.78 is 0. The van der Waals surface area contributed by atoms with E-state index in [0.717, 1.165) is 12.1 Å². The smallest absolute Gasteiger partial charge is 0.252 e. The molecule has 2 aromatic rings. The van der Waals surface area contributed by atoms with Gasteiger partial charge in [0.2, 0.25) is 0 Å². The summed E-state index contributed by atoms with van der Waals surface area (Å²) in [6, 6.07) is 14.6. The molecule has 0 radical (unpaired) electrons. The van der Waals surface area contributed by atoms with Crippen LogP contribution in [0.3, 0.4) is 0 Å². The first kappa shape index (κ1) is 16.3. The minimum Gasteiger partial charge on any atom is -0.347 e. The third kappa shape index (κ3) is 2.75. The van der Waals surface area contributed by atoms with E-state index in [1.54, 1.807) is 18.2 Å². The van der Waals surface area contributed by atoms with E-state index in [2.05, 4.69) is 10.2 Å². The number of carbonyl (C=O) groups is 2. The summed E-state index contributed by atoms with van der Waals surface area (Å²) in [6.45, 7) is 3.97. The average molecular weight is 355 g/mol. The Morgan fingerprint density at radius 3 is 2.52 bits per heavy atom. The number of ketones is 1. The fourth-order valence-electron chi connectivity index (χ4n) is 3.93. The van der Waals surface area contributed by atoms with Gasteiger partial charge in [0.25, 0.3) is 5.91 Å². The average Bonchev–Trinajstić information content (AvgIpc) is 2.89. The van der Waals surface area contributed by atoms with Crippen LogP contribution in [-0.4, -0.2) is 35.7 Å². The summed E-state index contributed by atoms with van der Waals surface area (Å²) >= 11 is 5.95. The number of hydrogen-bond acceptors (Lipinski definition) is 3. The molecule has 0 unspecified atom stereocenters. The van der Waals surface area contributed by atoms with Crippen LogP contribution in [0.15, 0.2) is 48.5 Å². The van der Waals surface area contributed by atoms with Crippen LogP contribution in [0.4, 0.5) is 0 Å². The Labute approximate surface area is 151 Å². The van der Waals surface area contributed by atoms with E-state index in [1.165, 1.54) is 0 Å². The second-order valence-electron chi connectivity index (χ2n) is 7.11. The van der Waals surface area contributed by atoms with Crippen LogP contribution in [-0.2, 0) is 6.54 Å². The number of nitrogens with one attached hydrogen (secondary N) is 1. The van der Waals surface area contributed by atoms with Gasteiger partial charge >= 0.3 is 0 Å². The van der Waals surface area contributed by atoms with Gasteiger partial charge in [-0.1, -0.05) is 41.9 Å². The molecule has 2 aliphatic rings. The van der Waals surface area contributed by atoms with Gasteiger partial charge < -0.3 is 5.32 Å². The molecule has 1 fully saturated rings. The lowest BCUT2D eigenvalue weighted by atomic mass is 9.78. The standard InChI is InChI=1S/C20H19ClN2O2/c1-20-12-23(10-13-6-8-14(21)9-7-13)11-17(20)22-19(25)16-5-3-2-4-15(16)18(20)24/h2-9,17H,10-12H2,1H3,(H,22,25)/t17-,20+/m1/s1. The molecule has 2 atom stereocenters. The number of amides is 1. The van der Waals surface area contributed by atoms with Gasteiger partial charge in [-0.3, -0.25) is 14.5 Å². The van der Waals surface area contributed by atoms with E-state index in [-0.39, 0.29) is 17.7 Å². The molecule has 25 heavy (non-hydrogen) atoms. The molecule has 0 aromatic heterocycles. The predicted molar refractivity (Wildman–Crippen MR) is 96.9 cm³/mol. The Kier molecular flexibility index (Phi) is 3.89. The molecular formula is C20H19ClN2O2. The quantitative estimate of drug-likeness (QED) is 0.901. The van der Waals surface area contributed by atoms with E-state index < -0.39 is 5.41 Å². The van der Waals surface area contributed by atoms with Gasteiger partial charge in [-0.15, -0.1) is 0 Å². The molecule has 0 spiro atoms. The van der Waals surface area contributed by atoms with E-state index in [1.807, 2.05) is 37.3 Å². The zero-order chi connectivity index (χ0) is 17.6. The highest BCUT2D eigenvalue weighted by molar-refractivity contribution is 6.30. The lowest BCUT2D eigenvalue weighted by Crippen LogP contribution is -2.47. The first-order chi connectivity index (χ1) is 12.0. The van der Waals surface area contributed by atoms with Crippen LogP contribution >= 0.6 is 11.6 Å². The Hall–Kier alpha value is -2.17.